The Morgan fingerprint density at radius 1 is 1.37 bits per heavy atom. The van der Waals surface area contributed by atoms with E-state index in [4.69, 9.17) is 5.73 Å². The van der Waals surface area contributed by atoms with Gasteiger partial charge in [0.1, 0.15) is 5.54 Å². The second kappa shape index (κ2) is 4.53. The first-order valence-electron chi connectivity index (χ1n) is 7.00. The van der Waals surface area contributed by atoms with Gasteiger partial charge in [-0.25, -0.2) is 0 Å². The quantitative estimate of drug-likeness (QED) is 0.863. The molecule has 2 fully saturated rings. The summed E-state index contributed by atoms with van der Waals surface area (Å²) in [6.07, 6.45) is 3.29. The number of para-hydroxylation sites is 1. The standard InChI is InChI=1S/C15H21N3O/c1-11-9-15(14(16)19,10-18(11)13-7-8-13)17-12-5-3-2-4-6-12/h2-6,11,13,17H,7-10H2,1H3,(H2,16,19). The van der Waals surface area contributed by atoms with Crippen LogP contribution in [0.1, 0.15) is 26.2 Å². The molecule has 2 aliphatic rings. The number of amides is 1. The molecule has 102 valence electrons. The number of rotatable bonds is 4. The lowest BCUT2D eigenvalue weighted by atomic mass is 9.95. The molecule has 1 amide bonds. The van der Waals surface area contributed by atoms with E-state index in [2.05, 4.69) is 17.1 Å². The number of anilines is 1. The summed E-state index contributed by atoms with van der Waals surface area (Å²) in [5.74, 6) is -0.244. The number of nitrogens with zero attached hydrogens (tertiary/aromatic N) is 1. The van der Waals surface area contributed by atoms with Gasteiger partial charge in [0.2, 0.25) is 5.91 Å². The number of likely N-dealkylation sites (tertiary alicyclic amines) is 1. The van der Waals surface area contributed by atoms with Crippen LogP contribution in [-0.2, 0) is 4.79 Å². The van der Waals surface area contributed by atoms with E-state index in [1.165, 1.54) is 12.8 Å². The maximum Gasteiger partial charge on any atom is 0.244 e. The van der Waals surface area contributed by atoms with Crippen LogP contribution in [0.5, 0.6) is 0 Å². The summed E-state index contributed by atoms with van der Waals surface area (Å²) in [5.41, 5.74) is 6.04. The third-order valence-corrected chi connectivity index (χ3v) is 4.31. The molecule has 1 aliphatic heterocycles. The Bertz CT molecular complexity index is 472. The van der Waals surface area contributed by atoms with E-state index in [0.717, 1.165) is 18.7 Å². The number of carbonyl (C=O) groups is 1. The minimum Gasteiger partial charge on any atom is -0.370 e. The van der Waals surface area contributed by atoms with Gasteiger partial charge in [0, 0.05) is 24.3 Å². The summed E-state index contributed by atoms with van der Waals surface area (Å²) in [5, 5.41) is 3.38. The maximum atomic E-state index is 12.0. The maximum absolute atomic E-state index is 12.0. The Morgan fingerprint density at radius 2 is 2.05 bits per heavy atom. The topological polar surface area (TPSA) is 58.4 Å². The number of benzene rings is 1. The molecule has 1 saturated carbocycles. The van der Waals surface area contributed by atoms with Crippen molar-refractivity contribution in [3.05, 3.63) is 30.3 Å². The van der Waals surface area contributed by atoms with Crippen molar-refractivity contribution >= 4 is 11.6 Å². The predicted octanol–water partition coefficient (Wildman–Crippen LogP) is 1.58. The largest absolute Gasteiger partial charge is 0.370 e. The fourth-order valence-electron chi connectivity index (χ4n) is 3.18. The fourth-order valence-corrected chi connectivity index (χ4v) is 3.18. The number of nitrogens with one attached hydrogen (secondary N) is 1. The van der Waals surface area contributed by atoms with E-state index in [1.54, 1.807) is 0 Å². The van der Waals surface area contributed by atoms with Gasteiger partial charge in [0.15, 0.2) is 0 Å². The second-order valence-electron chi connectivity index (χ2n) is 5.89. The van der Waals surface area contributed by atoms with Gasteiger partial charge in [-0.2, -0.15) is 0 Å². The summed E-state index contributed by atoms with van der Waals surface area (Å²) in [6.45, 7) is 2.92. The van der Waals surface area contributed by atoms with Crippen LogP contribution in [0.2, 0.25) is 0 Å². The van der Waals surface area contributed by atoms with Crippen molar-refractivity contribution in [3.8, 4) is 0 Å². The van der Waals surface area contributed by atoms with E-state index in [-0.39, 0.29) is 5.91 Å². The summed E-state index contributed by atoms with van der Waals surface area (Å²) in [6, 6.07) is 10.9. The Kier molecular flexibility index (Phi) is 2.97. The Hall–Kier alpha value is -1.55. The summed E-state index contributed by atoms with van der Waals surface area (Å²) in [7, 11) is 0. The van der Waals surface area contributed by atoms with Gasteiger partial charge in [0.25, 0.3) is 0 Å². The van der Waals surface area contributed by atoms with E-state index in [9.17, 15) is 4.79 Å². The molecule has 1 saturated heterocycles. The first-order chi connectivity index (χ1) is 9.11. The van der Waals surface area contributed by atoms with Gasteiger partial charge in [-0.3, -0.25) is 9.69 Å². The molecule has 0 bridgehead atoms. The molecule has 2 atom stereocenters. The third kappa shape index (κ3) is 2.32. The fraction of sp³-hybridized carbons (Fsp3) is 0.533. The number of primary amides is 1. The zero-order chi connectivity index (χ0) is 13.5. The van der Waals surface area contributed by atoms with E-state index in [1.807, 2.05) is 30.3 Å². The molecule has 1 aliphatic carbocycles. The van der Waals surface area contributed by atoms with Crippen LogP contribution in [0.4, 0.5) is 5.69 Å². The van der Waals surface area contributed by atoms with Crippen LogP contribution < -0.4 is 11.1 Å². The molecule has 1 heterocycles. The van der Waals surface area contributed by atoms with Crippen LogP contribution in [0.15, 0.2) is 30.3 Å². The average Bonchev–Trinajstić information content (AvgIpc) is 3.16. The smallest absolute Gasteiger partial charge is 0.244 e. The predicted molar refractivity (Wildman–Crippen MR) is 75.8 cm³/mol. The van der Waals surface area contributed by atoms with Gasteiger partial charge in [-0.1, -0.05) is 18.2 Å². The summed E-state index contributed by atoms with van der Waals surface area (Å²) in [4.78, 5) is 14.4. The monoisotopic (exact) mass is 259 g/mol. The molecule has 3 N–H and O–H groups in total. The normalized spacial score (nSPS) is 31.3. The molecule has 1 aromatic carbocycles. The van der Waals surface area contributed by atoms with Gasteiger partial charge in [-0.05, 0) is 38.3 Å². The van der Waals surface area contributed by atoms with E-state index < -0.39 is 5.54 Å². The number of hydrogen-bond acceptors (Lipinski definition) is 3. The molecule has 0 radical (unpaired) electrons. The minimum absolute atomic E-state index is 0.244. The van der Waals surface area contributed by atoms with Crippen LogP contribution in [-0.4, -0.2) is 35.0 Å². The van der Waals surface area contributed by atoms with Crippen molar-refractivity contribution in [2.45, 2.75) is 43.8 Å². The van der Waals surface area contributed by atoms with Crippen molar-refractivity contribution in [2.75, 3.05) is 11.9 Å². The second-order valence-corrected chi connectivity index (χ2v) is 5.89. The lowest BCUT2D eigenvalue weighted by Gasteiger charge is -2.28. The minimum atomic E-state index is -0.622. The summed E-state index contributed by atoms with van der Waals surface area (Å²) >= 11 is 0. The van der Waals surface area contributed by atoms with Gasteiger partial charge >= 0.3 is 0 Å². The highest BCUT2D eigenvalue weighted by Crippen LogP contribution is 2.38. The van der Waals surface area contributed by atoms with Crippen LogP contribution in [0.3, 0.4) is 0 Å². The molecule has 4 heteroatoms. The van der Waals surface area contributed by atoms with Gasteiger partial charge in [0.05, 0.1) is 0 Å². The van der Waals surface area contributed by atoms with Crippen molar-refractivity contribution in [2.24, 2.45) is 5.73 Å². The molecule has 0 aromatic heterocycles. The van der Waals surface area contributed by atoms with Crippen molar-refractivity contribution in [3.63, 3.8) is 0 Å². The number of nitrogens with two attached hydrogens (primary N) is 1. The van der Waals surface area contributed by atoms with Gasteiger partial charge in [-0.15, -0.1) is 0 Å². The van der Waals surface area contributed by atoms with Crippen LogP contribution in [0.25, 0.3) is 0 Å². The third-order valence-electron chi connectivity index (χ3n) is 4.31. The van der Waals surface area contributed by atoms with Crippen molar-refractivity contribution in [1.82, 2.24) is 4.90 Å². The lowest BCUT2D eigenvalue weighted by Crippen LogP contribution is -2.52. The molecular formula is C15H21N3O. The van der Waals surface area contributed by atoms with Crippen LogP contribution in [0, 0.1) is 0 Å². The highest BCUT2D eigenvalue weighted by molar-refractivity contribution is 5.89. The summed E-state index contributed by atoms with van der Waals surface area (Å²) < 4.78 is 0. The number of carbonyl (C=O) groups excluding carboxylic acids is 1. The highest BCUT2D eigenvalue weighted by atomic mass is 16.1. The molecule has 3 rings (SSSR count). The molecule has 4 nitrogen and oxygen atoms in total. The molecule has 0 spiro atoms. The first-order valence-corrected chi connectivity index (χ1v) is 7.00. The van der Waals surface area contributed by atoms with E-state index >= 15 is 0 Å². The Balaban J connectivity index is 1.82. The molecule has 2 unspecified atom stereocenters. The highest BCUT2D eigenvalue weighted by Gasteiger charge is 2.50. The zero-order valence-electron chi connectivity index (χ0n) is 11.3. The van der Waals surface area contributed by atoms with Gasteiger partial charge < -0.3 is 11.1 Å². The van der Waals surface area contributed by atoms with Crippen molar-refractivity contribution < 1.29 is 4.79 Å². The lowest BCUT2D eigenvalue weighted by molar-refractivity contribution is -0.121. The Morgan fingerprint density at radius 3 is 2.63 bits per heavy atom. The van der Waals surface area contributed by atoms with E-state index in [0.29, 0.717) is 12.1 Å². The first kappa shape index (κ1) is 12.5. The van der Waals surface area contributed by atoms with Crippen LogP contribution >= 0.6 is 0 Å². The average molecular weight is 259 g/mol. The molecule has 19 heavy (non-hydrogen) atoms. The van der Waals surface area contributed by atoms with Crippen molar-refractivity contribution in [1.29, 1.82) is 0 Å². The number of hydrogen-bond donors (Lipinski definition) is 2. The zero-order valence-corrected chi connectivity index (χ0v) is 11.3. The molecule has 1 aromatic rings. The molecular weight excluding hydrogens is 238 g/mol. The SMILES string of the molecule is CC1CC(Nc2ccccc2)(C(N)=O)CN1C1CC1. The Labute approximate surface area is 114 Å².